The maximum Gasteiger partial charge on any atom is 0.277 e. The number of nitrogens with one attached hydrogen (secondary N) is 1. The van der Waals surface area contributed by atoms with Crippen LogP contribution in [0.1, 0.15) is 5.56 Å². The first kappa shape index (κ1) is 14.8. The average Bonchev–Trinajstić information content (AvgIpc) is 2.99. The highest BCUT2D eigenvalue weighted by Gasteiger charge is 2.13. The molecule has 0 spiro atoms. The van der Waals surface area contributed by atoms with E-state index in [1.54, 1.807) is 24.1 Å². The van der Waals surface area contributed by atoms with Crippen LogP contribution in [0.3, 0.4) is 0 Å². The van der Waals surface area contributed by atoms with Gasteiger partial charge in [-0.2, -0.15) is 0 Å². The first-order valence-electron chi connectivity index (χ1n) is 7.45. The number of hydrogen-bond acceptors (Lipinski definition) is 3. The van der Waals surface area contributed by atoms with E-state index in [1.807, 2.05) is 36.4 Å². The summed E-state index contributed by atoms with van der Waals surface area (Å²) < 4.78 is 6.72. The summed E-state index contributed by atoms with van der Waals surface area (Å²) in [7, 11) is 1.62. The maximum atomic E-state index is 12.8. The molecule has 5 nitrogen and oxygen atoms in total. The summed E-state index contributed by atoms with van der Waals surface area (Å²) in [6, 6.07) is 13.1. The number of benzene rings is 2. The standard InChI is InChI=1S/C18H14ClN3O2/c1-24-12-7-5-11(6-8-12)9-22-10-20-16-15-13(19)3-2-4-14(15)21-17(16)18(22)23/h2-8,10,21H,9H2,1H3. The molecule has 0 bridgehead atoms. The van der Waals surface area contributed by atoms with E-state index in [0.29, 0.717) is 22.6 Å². The molecule has 0 atom stereocenters. The van der Waals surface area contributed by atoms with Crippen molar-refractivity contribution in [3.63, 3.8) is 0 Å². The second kappa shape index (κ2) is 5.69. The van der Waals surface area contributed by atoms with Crippen molar-refractivity contribution in [1.29, 1.82) is 0 Å². The van der Waals surface area contributed by atoms with E-state index < -0.39 is 0 Å². The Morgan fingerprint density at radius 3 is 2.75 bits per heavy atom. The molecular formula is C18H14ClN3O2. The predicted molar refractivity (Wildman–Crippen MR) is 95.0 cm³/mol. The Labute approximate surface area is 142 Å². The van der Waals surface area contributed by atoms with Gasteiger partial charge in [-0.05, 0) is 29.8 Å². The van der Waals surface area contributed by atoms with Gasteiger partial charge in [-0.3, -0.25) is 9.36 Å². The third kappa shape index (κ3) is 2.34. The molecule has 0 saturated heterocycles. The lowest BCUT2D eigenvalue weighted by atomic mass is 10.2. The first-order chi connectivity index (χ1) is 11.7. The van der Waals surface area contributed by atoms with Crippen LogP contribution < -0.4 is 10.3 Å². The van der Waals surface area contributed by atoms with E-state index in [9.17, 15) is 4.79 Å². The van der Waals surface area contributed by atoms with Crippen LogP contribution in [0.15, 0.2) is 53.6 Å². The van der Waals surface area contributed by atoms with E-state index >= 15 is 0 Å². The SMILES string of the molecule is COc1ccc(Cn2cnc3c([nH]c4cccc(Cl)c43)c2=O)cc1. The average molecular weight is 340 g/mol. The van der Waals surface area contributed by atoms with Gasteiger partial charge in [0.25, 0.3) is 5.56 Å². The summed E-state index contributed by atoms with van der Waals surface area (Å²) in [4.78, 5) is 20.3. The molecule has 0 unspecified atom stereocenters. The van der Waals surface area contributed by atoms with Crippen LogP contribution in [0.4, 0.5) is 0 Å². The van der Waals surface area contributed by atoms with Gasteiger partial charge in [0, 0.05) is 10.9 Å². The fourth-order valence-corrected chi connectivity index (χ4v) is 3.10. The number of rotatable bonds is 3. The minimum atomic E-state index is -0.122. The number of nitrogens with zero attached hydrogens (tertiary/aromatic N) is 2. The third-order valence-corrected chi connectivity index (χ3v) is 4.37. The van der Waals surface area contributed by atoms with Crippen LogP contribution in [-0.2, 0) is 6.54 Å². The highest BCUT2D eigenvalue weighted by Crippen LogP contribution is 2.28. The van der Waals surface area contributed by atoms with Crippen molar-refractivity contribution in [2.24, 2.45) is 0 Å². The molecule has 0 fully saturated rings. The summed E-state index contributed by atoms with van der Waals surface area (Å²) in [5.74, 6) is 0.782. The van der Waals surface area contributed by atoms with Crippen molar-refractivity contribution in [1.82, 2.24) is 14.5 Å². The van der Waals surface area contributed by atoms with Crippen molar-refractivity contribution in [2.45, 2.75) is 6.54 Å². The Morgan fingerprint density at radius 2 is 2.00 bits per heavy atom. The third-order valence-electron chi connectivity index (χ3n) is 4.06. The number of fused-ring (bicyclic) bond motifs is 3. The van der Waals surface area contributed by atoms with Crippen LogP contribution in [0.25, 0.3) is 21.9 Å². The van der Waals surface area contributed by atoms with Crippen molar-refractivity contribution in [3.8, 4) is 5.75 Å². The van der Waals surface area contributed by atoms with E-state index in [4.69, 9.17) is 16.3 Å². The summed E-state index contributed by atoms with van der Waals surface area (Å²) in [6.45, 7) is 0.439. The Hall–Kier alpha value is -2.79. The molecule has 2 heterocycles. The van der Waals surface area contributed by atoms with Crippen LogP contribution >= 0.6 is 11.6 Å². The molecule has 0 amide bonds. The summed E-state index contributed by atoms with van der Waals surface area (Å²) >= 11 is 6.25. The van der Waals surface area contributed by atoms with Crippen molar-refractivity contribution in [2.75, 3.05) is 7.11 Å². The smallest absolute Gasteiger partial charge is 0.277 e. The van der Waals surface area contributed by atoms with Crippen molar-refractivity contribution in [3.05, 3.63) is 69.7 Å². The first-order valence-corrected chi connectivity index (χ1v) is 7.83. The molecule has 1 N–H and O–H groups in total. The molecule has 4 aromatic rings. The van der Waals surface area contributed by atoms with Gasteiger partial charge < -0.3 is 9.72 Å². The van der Waals surface area contributed by atoms with Crippen LogP contribution in [0, 0.1) is 0 Å². The van der Waals surface area contributed by atoms with Crippen LogP contribution in [-0.4, -0.2) is 21.6 Å². The van der Waals surface area contributed by atoms with E-state index in [1.165, 1.54) is 0 Å². The molecule has 4 rings (SSSR count). The number of ether oxygens (including phenoxy) is 1. The highest BCUT2D eigenvalue weighted by atomic mass is 35.5. The summed E-state index contributed by atoms with van der Waals surface area (Å²) in [5, 5.41) is 1.36. The van der Waals surface area contributed by atoms with Gasteiger partial charge in [0.2, 0.25) is 0 Å². The largest absolute Gasteiger partial charge is 0.497 e. The Morgan fingerprint density at radius 1 is 1.21 bits per heavy atom. The van der Waals surface area contributed by atoms with Gasteiger partial charge in [0.05, 0.1) is 25.0 Å². The van der Waals surface area contributed by atoms with E-state index in [0.717, 1.165) is 22.2 Å². The van der Waals surface area contributed by atoms with E-state index in [2.05, 4.69) is 9.97 Å². The zero-order valence-corrected chi connectivity index (χ0v) is 13.7. The maximum absolute atomic E-state index is 12.8. The molecule has 120 valence electrons. The van der Waals surface area contributed by atoms with Crippen LogP contribution in [0.5, 0.6) is 5.75 Å². The second-order valence-electron chi connectivity index (χ2n) is 5.54. The predicted octanol–water partition coefficient (Wildman–Crippen LogP) is 3.59. The number of halogens is 1. The molecule has 6 heteroatoms. The molecule has 2 aromatic carbocycles. The minimum Gasteiger partial charge on any atom is -0.497 e. The highest BCUT2D eigenvalue weighted by molar-refractivity contribution is 6.37. The number of H-pyrrole nitrogens is 1. The quantitative estimate of drug-likeness (QED) is 0.620. The second-order valence-corrected chi connectivity index (χ2v) is 5.94. The molecule has 2 aromatic heterocycles. The fraction of sp³-hybridized carbons (Fsp3) is 0.111. The van der Waals surface area contributed by atoms with Crippen LogP contribution in [0.2, 0.25) is 5.02 Å². The lowest BCUT2D eigenvalue weighted by molar-refractivity contribution is 0.414. The molecule has 0 aliphatic rings. The lowest BCUT2D eigenvalue weighted by Crippen LogP contribution is -2.21. The molecule has 0 saturated carbocycles. The summed E-state index contributed by atoms with van der Waals surface area (Å²) in [5.41, 5.74) is 2.75. The van der Waals surface area contributed by atoms with Gasteiger partial charge >= 0.3 is 0 Å². The number of methoxy groups -OCH3 is 1. The molecule has 0 radical (unpaired) electrons. The van der Waals surface area contributed by atoms with Gasteiger partial charge in [-0.1, -0.05) is 29.8 Å². The van der Waals surface area contributed by atoms with E-state index in [-0.39, 0.29) is 5.56 Å². The van der Waals surface area contributed by atoms with Gasteiger partial charge in [0.15, 0.2) is 0 Å². The summed E-state index contributed by atoms with van der Waals surface area (Å²) in [6.07, 6.45) is 1.56. The zero-order valence-electron chi connectivity index (χ0n) is 12.9. The lowest BCUT2D eigenvalue weighted by Gasteiger charge is -2.06. The number of hydrogen-bond donors (Lipinski definition) is 1. The minimum absolute atomic E-state index is 0.122. The topological polar surface area (TPSA) is 59.9 Å². The van der Waals surface area contributed by atoms with Gasteiger partial charge in [-0.15, -0.1) is 0 Å². The Kier molecular flexibility index (Phi) is 3.50. The number of aromatic amines is 1. The van der Waals surface area contributed by atoms with Crippen molar-refractivity contribution >= 4 is 33.5 Å². The fourth-order valence-electron chi connectivity index (χ4n) is 2.84. The van der Waals surface area contributed by atoms with Gasteiger partial charge in [-0.25, -0.2) is 4.98 Å². The molecular weight excluding hydrogens is 326 g/mol. The van der Waals surface area contributed by atoms with Gasteiger partial charge in [0.1, 0.15) is 16.8 Å². The molecule has 0 aliphatic heterocycles. The number of aromatic nitrogens is 3. The Balaban J connectivity index is 1.82. The normalized spacial score (nSPS) is 11.2. The molecule has 24 heavy (non-hydrogen) atoms. The monoisotopic (exact) mass is 339 g/mol. The Bertz CT molecular complexity index is 1100. The zero-order chi connectivity index (χ0) is 16.7. The molecule has 0 aliphatic carbocycles. The van der Waals surface area contributed by atoms with Crippen molar-refractivity contribution < 1.29 is 4.74 Å².